The standard InChI is InChI=1S/C10H16O2/c1-6-7(2)9(10(4,5)11)12-8(6)3/h11H,1-5H3. The quantitative estimate of drug-likeness (QED) is 0.698. The fourth-order valence-corrected chi connectivity index (χ4v) is 1.32. The Bertz CT molecular complexity index is 290. The fraction of sp³-hybridized carbons (Fsp3) is 0.600. The molecule has 1 aromatic heterocycles. The van der Waals surface area contributed by atoms with Gasteiger partial charge in [0, 0.05) is 0 Å². The Morgan fingerprint density at radius 3 is 1.75 bits per heavy atom. The molecule has 1 heterocycles. The van der Waals surface area contributed by atoms with Crippen molar-refractivity contribution in [3.8, 4) is 0 Å². The normalized spacial score (nSPS) is 12.2. The van der Waals surface area contributed by atoms with E-state index in [0.717, 1.165) is 16.9 Å². The van der Waals surface area contributed by atoms with Crippen molar-refractivity contribution in [2.75, 3.05) is 0 Å². The summed E-state index contributed by atoms with van der Waals surface area (Å²) < 4.78 is 5.46. The van der Waals surface area contributed by atoms with Crippen LogP contribution in [0.4, 0.5) is 0 Å². The Labute approximate surface area is 73.2 Å². The van der Waals surface area contributed by atoms with Crippen LogP contribution in [-0.2, 0) is 5.60 Å². The highest BCUT2D eigenvalue weighted by Gasteiger charge is 2.24. The van der Waals surface area contributed by atoms with Crippen molar-refractivity contribution in [1.29, 1.82) is 0 Å². The van der Waals surface area contributed by atoms with Crippen LogP contribution in [0.3, 0.4) is 0 Å². The van der Waals surface area contributed by atoms with Crippen LogP contribution in [0.2, 0.25) is 0 Å². The first-order chi connectivity index (χ1) is 5.34. The summed E-state index contributed by atoms with van der Waals surface area (Å²) in [5.41, 5.74) is 1.32. The Kier molecular flexibility index (Phi) is 2.04. The molecule has 0 aromatic carbocycles. The van der Waals surface area contributed by atoms with Gasteiger partial charge in [-0.15, -0.1) is 0 Å². The third kappa shape index (κ3) is 1.39. The molecule has 1 rings (SSSR count). The minimum absolute atomic E-state index is 0.678. The van der Waals surface area contributed by atoms with Gasteiger partial charge in [0.1, 0.15) is 17.1 Å². The van der Waals surface area contributed by atoms with Gasteiger partial charge in [0.05, 0.1) is 0 Å². The highest BCUT2D eigenvalue weighted by Crippen LogP contribution is 2.29. The van der Waals surface area contributed by atoms with Crippen LogP contribution in [0.1, 0.15) is 36.5 Å². The van der Waals surface area contributed by atoms with E-state index < -0.39 is 5.60 Å². The van der Waals surface area contributed by atoms with Crippen molar-refractivity contribution in [1.82, 2.24) is 0 Å². The average molecular weight is 168 g/mol. The Morgan fingerprint density at radius 2 is 1.58 bits per heavy atom. The van der Waals surface area contributed by atoms with Gasteiger partial charge >= 0.3 is 0 Å². The van der Waals surface area contributed by atoms with E-state index in [1.165, 1.54) is 0 Å². The lowest BCUT2D eigenvalue weighted by Gasteiger charge is -2.14. The van der Waals surface area contributed by atoms with E-state index in [0.29, 0.717) is 5.76 Å². The second-order valence-corrected chi connectivity index (χ2v) is 3.80. The van der Waals surface area contributed by atoms with E-state index >= 15 is 0 Å². The van der Waals surface area contributed by atoms with Crippen LogP contribution < -0.4 is 0 Å². The van der Waals surface area contributed by atoms with Gasteiger partial charge in [-0.25, -0.2) is 0 Å². The second-order valence-electron chi connectivity index (χ2n) is 3.80. The average Bonchev–Trinajstić information content (AvgIpc) is 2.15. The number of hydrogen-bond donors (Lipinski definition) is 1. The molecule has 68 valence electrons. The van der Waals surface area contributed by atoms with E-state index in [9.17, 15) is 5.11 Å². The van der Waals surface area contributed by atoms with Gasteiger partial charge in [0.2, 0.25) is 0 Å². The van der Waals surface area contributed by atoms with Gasteiger partial charge in [0.25, 0.3) is 0 Å². The van der Waals surface area contributed by atoms with E-state index in [1.54, 1.807) is 13.8 Å². The van der Waals surface area contributed by atoms with Gasteiger partial charge in [-0.2, -0.15) is 0 Å². The van der Waals surface area contributed by atoms with E-state index in [1.807, 2.05) is 20.8 Å². The predicted molar refractivity (Wildman–Crippen MR) is 48.2 cm³/mol. The molecule has 0 atom stereocenters. The topological polar surface area (TPSA) is 33.4 Å². The Morgan fingerprint density at radius 1 is 1.08 bits per heavy atom. The first kappa shape index (κ1) is 9.33. The minimum atomic E-state index is -0.872. The molecule has 0 bridgehead atoms. The molecule has 12 heavy (non-hydrogen) atoms. The van der Waals surface area contributed by atoms with E-state index in [-0.39, 0.29) is 0 Å². The smallest absolute Gasteiger partial charge is 0.138 e. The SMILES string of the molecule is Cc1oc(C(C)(C)O)c(C)c1C. The maximum absolute atomic E-state index is 9.71. The van der Waals surface area contributed by atoms with Crippen LogP contribution >= 0.6 is 0 Å². The molecule has 1 aromatic rings. The molecule has 0 amide bonds. The molecule has 0 saturated heterocycles. The summed E-state index contributed by atoms with van der Waals surface area (Å²) in [6, 6.07) is 0. The summed E-state index contributed by atoms with van der Waals surface area (Å²) >= 11 is 0. The van der Waals surface area contributed by atoms with Gasteiger partial charge in [-0.1, -0.05) is 0 Å². The summed E-state index contributed by atoms with van der Waals surface area (Å²) in [6.07, 6.45) is 0. The fourth-order valence-electron chi connectivity index (χ4n) is 1.32. The first-order valence-electron chi connectivity index (χ1n) is 4.13. The van der Waals surface area contributed by atoms with Crippen molar-refractivity contribution in [3.63, 3.8) is 0 Å². The highest BCUT2D eigenvalue weighted by atomic mass is 16.4. The molecule has 0 radical (unpaired) electrons. The first-order valence-corrected chi connectivity index (χ1v) is 4.13. The van der Waals surface area contributed by atoms with Gasteiger partial charge < -0.3 is 9.52 Å². The number of rotatable bonds is 1. The summed E-state index contributed by atoms with van der Waals surface area (Å²) in [4.78, 5) is 0. The molecule has 0 aliphatic rings. The van der Waals surface area contributed by atoms with Crippen molar-refractivity contribution in [2.45, 2.75) is 40.2 Å². The zero-order valence-corrected chi connectivity index (χ0v) is 8.36. The number of aliphatic hydroxyl groups is 1. The number of aryl methyl sites for hydroxylation is 1. The summed E-state index contributed by atoms with van der Waals surface area (Å²) in [7, 11) is 0. The van der Waals surface area contributed by atoms with Crippen molar-refractivity contribution >= 4 is 0 Å². The predicted octanol–water partition coefficient (Wildman–Crippen LogP) is 2.43. The van der Waals surface area contributed by atoms with Crippen LogP contribution in [0.25, 0.3) is 0 Å². The highest BCUT2D eigenvalue weighted by molar-refractivity contribution is 5.32. The lowest BCUT2D eigenvalue weighted by molar-refractivity contribution is 0.0524. The lowest BCUT2D eigenvalue weighted by Crippen LogP contribution is -2.15. The maximum atomic E-state index is 9.71. The van der Waals surface area contributed by atoms with Crippen molar-refractivity contribution in [2.24, 2.45) is 0 Å². The summed E-state index contributed by atoms with van der Waals surface area (Å²) in [5.74, 6) is 1.57. The molecule has 0 aliphatic heterocycles. The third-order valence-electron chi connectivity index (χ3n) is 2.24. The Hall–Kier alpha value is -0.760. The zero-order valence-electron chi connectivity index (χ0n) is 8.36. The largest absolute Gasteiger partial charge is 0.463 e. The summed E-state index contributed by atoms with van der Waals surface area (Å²) in [6.45, 7) is 9.36. The van der Waals surface area contributed by atoms with Gasteiger partial charge in [0.15, 0.2) is 0 Å². The molecule has 0 unspecified atom stereocenters. The second kappa shape index (κ2) is 2.63. The summed E-state index contributed by atoms with van der Waals surface area (Å²) in [5, 5.41) is 9.71. The van der Waals surface area contributed by atoms with Crippen LogP contribution in [0, 0.1) is 20.8 Å². The molecule has 0 aliphatic carbocycles. The molecule has 0 saturated carbocycles. The van der Waals surface area contributed by atoms with E-state index in [2.05, 4.69) is 0 Å². The number of hydrogen-bond acceptors (Lipinski definition) is 2. The third-order valence-corrected chi connectivity index (χ3v) is 2.24. The molecular formula is C10H16O2. The maximum Gasteiger partial charge on any atom is 0.138 e. The van der Waals surface area contributed by atoms with Crippen LogP contribution in [-0.4, -0.2) is 5.11 Å². The molecule has 2 heteroatoms. The molecule has 0 fully saturated rings. The molecular weight excluding hydrogens is 152 g/mol. The molecule has 2 nitrogen and oxygen atoms in total. The molecule has 0 spiro atoms. The van der Waals surface area contributed by atoms with Gasteiger partial charge in [-0.3, -0.25) is 0 Å². The van der Waals surface area contributed by atoms with Crippen LogP contribution in [0.15, 0.2) is 4.42 Å². The lowest BCUT2D eigenvalue weighted by atomic mass is 10.0. The van der Waals surface area contributed by atoms with Crippen molar-refractivity contribution < 1.29 is 9.52 Å². The number of furan rings is 1. The van der Waals surface area contributed by atoms with Gasteiger partial charge in [-0.05, 0) is 45.7 Å². The monoisotopic (exact) mass is 168 g/mol. The van der Waals surface area contributed by atoms with E-state index in [4.69, 9.17) is 4.42 Å². The zero-order chi connectivity index (χ0) is 9.52. The minimum Gasteiger partial charge on any atom is -0.463 e. The molecule has 1 N–H and O–H groups in total. The Balaban J connectivity index is 3.28. The van der Waals surface area contributed by atoms with Crippen molar-refractivity contribution in [3.05, 3.63) is 22.6 Å². The van der Waals surface area contributed by atoms with Crippen LogP contribution in [0.5, 0.6) is 0 Å².